The van der Waals surface area contributed by atoms with E-state index >= 15 is 0 Å². The molecule has 0 amide bonds. The number of rotatable bonds is 7. The number of hydrogen-bond donors (Lipinski definition) is 1. The molecule has 2 unspecified atom stereocenters. The van der Waals surface area contributed by atoms with E-state index in [-0.39, 0.29) is 11.7 Å². The number of unbranched alkanes of at least 4 members (excludes halogenated alkanes) is 2. The van der Waals surface area contributed by atoms with E-state index in [0.717, 1.165) is 17.5 Å². The van der Waals surface area contributed by atoms with Crippen molar-refractivity contribution in [1.82, 2.24) is 4.98 Å². The summed E-state index contributed by atoms with van der Waals surface area (Å²) in [7, 11) is 0. The molecule has 2 aromatic heterocycles. The van der Waals surface area contributed by atoms with E-state index in [1.54, 1.807) is 12.4 Å². The van der Waals surface area contributed by atoms with Crippen molar-refractivity contribution >= 4 is 11.0 Å². The maximum Gasteiger partial charge on any atom is 0.336 e. The lowest BCUT2D eigenvalue weighted by atomic mass is 9.84. The number of phenolic OH excluding ortho intramolecular Hbond substituents is 1. The van der Waals surface area contributed by atoms with Crippen LogP contribution in [0.15, 0.2) is 51.9 Å². The Hall–Kier alpha value is -2.62. The van der Waals surface area contributed by atoms with E-state index in [1.165, 1.54) is 25.3 Å². The second-order valence-electron chi connectivity index (χ2n) is 7.39. The zero-order valence-corrected chi connectivity index (χ0v) is 16.2. The molecule has 3 rings (SSSR count). The average molecular weight is 365 g/mol. The zero-order chi connectivity index (χ0) is 19.4. The van der Waals surface area contributed by atoms with Crippen molar-refractivity contribution in [3.63, 3.8) is 0 Å². The predicted molar refractivity (Wildman–Crippen MR) is 109 cm³/mol. The van der Waals surface area contributed by atoms with Crippen LogP contribution in [-0.2, 0) is 0 Å². The van der Waals surface area contributed by atoms with E-state index in [2.05, 4.69) is 25.8 Å². The Balaban J connectivity index is 2.04. The van der Waals surface area contributed by atoms with Crippen molar-refractivity contribution in [2.24, 2.45) is 5.92 Å². The van der Waals surface area contributed by atoms with Crippen LogP contribution < -0.4 is 5.63 Å². The molecule has 2 atom stereocenters. The molecule has 142 valence electrons. The maximum absolute atomic E-state index is 12.1. The maximum atomic E-state index is 12.1. The minimum atomic E-state index is -0.422. The molecule has 4 nitrogen and oxygen atoms in total. The van der Waals surface area contributed by atoms with Crippen molar-refractivity contribution in [3.05, 3.63) is 58.7 Å². The molecule has 0 saturated carbocycles. The minimum absolute atomic E-state index is 0.144. The van der Waals surface area contributed by atoms with Crippen LogP contribution in [0.2, 0.25) is 0 Å². The Morgan fingerprint density at radius 3 is 2.56 bits per heavy atom. The molecule has 0 aliphatic rings. The molecular formula is C23H27NO3. The summed E-state index contributed by atoms with van der Waals surface area (Å²) in [5, 5.41) is 11.3. The van der Waals surface area contributed by atoms with Gasteiger partial charge in [-0.1, -0.05) is 46.5 Å². The summed E-state index contributed by atoms with van der Waals surface area (Å²) < 4.78 is 5.44. The first-order valence-electron chi connectivity index (χ1n) is 9.72. The van der Waals surface area contributed by atoms with Gasteiger partial charge in [0.1, 0.15) is 11.3 Å². The fourth-order valence-corrected chi connectivity index (χ4v) is 3.62. The van der Waals surface area contributed by atoms with Gasteiger partial charge in [-0.25, -0.2) is 4.79 Å². The molecule has 1 aromatic carbocycles. The van der Waals surface area contributed by atoms with Crippen molar-refractivity contribution in [2.75, 3.05) is 0 Å². The van der Waals surface area contributed by atoms with E-state index in [9.17, 15) is 9.90 Å². The highest BCUT2D eigenvalue weighted by atomic mass is 16.4. The number of hydrogen-bond acceptors (Lipinski definition) is 4. The Kier molecular flexibility index (Phi) is 5.94. The highest BCUT2D eigenvalue weighted by molar-refractivity contribution is 5.97. The van der Waals surface area contributed by atoms with E-state index in [1.807, 2.05) is 24.3 Å². The van der Waals surface area contributed by atoms with Gasteiger partial charge in [0, 0.05) is 24.0 Å². The van der Waals surface area contributed by atoms with Crippen LogP contribution >= 0.6 is 0 Å². The van der Waals surface area contributed by atoms with Gasteiger partial charge < -0.3 is 9.52 Å². The van der Waals surface area contributed by atoms with Gasteiger partial charge >= 0.3 is 5.63 Å². The quantitative estimate of drug-likeness (QED) is 0.419. The lowest BCUT2D eigenvalue weighted by Gasteiger charge is -2.21. The summed E-state index contributed by atoms with van der Waals surface area (Å²) in [4.78, 5) is 16.1. The molecule has 0 saturated heterocycles. The summed E-state index contributed by atoms with van der Waals surface area (Å²) >= 11 is 0. The number of nitrogens with zero attached hydrogens (tertiary/aromatic N) is 1. The molecule has 2 heterocycles. The van der Waals surface area contributed by atoms with Crippen LogP contribution in [0, 0.1) is 5.92 Å². The van der Waals surface area contributed by atoms with Gasteiger partial charge in [0.25, 0.3) is 0 Å². The van der Waals surface area contributed by atoms with Gasteiger partial charge in [-0.15, -0.1) is 0 Å². The molecule has 0 spiro atoms. The molecule has 1 N–H and O–H groups in total. The molecule has 0 aliphatic carbocycles. The third-order valence-electron chi connectivity index (χ3n) is 5.48. The number of pyridine rings is 1. The molecule has 0 fully saturated rings. The smallest absolute Gasteiger partial charge is 0.336 e. The van der Waals surface area contributed by atoms with Crippen LogP contribution in [0.1, 0.15) is 57.9 Å². The van der Waals surface area contributed by atoms with E-state index in [4.69, 9.17) is 4.42 Å². The SMILES string of the molecule is CCCCCC(C)C(C)c1cc(O)c2c(-c3ccncc3)cc(=O)oc2c1. The fourth-order valence-electron chi connectivity index (χ4n) is 3.62. The number of phenols is 1. The van der Waals surface area contributed by atoms with Crippen LogP contribution in [0.5, 0.6) is 5.75 Å². The third-order valence-corrected chi connectivity index (χ3v) is 5.48. The topological polar surface area (TPSA) is 63.3 Å². The lowest BCUT2D eigenvalue weighted by molar-refractivity contribution is 0.427. The summed E-state index contributed by atoms with van der Waals surface area (Å²) in [5.74, 6) is 0.904. The van der Waals surface area contributed by atoms with E-state index < -0.39 is 5.63 Å². The highest BCUT2D eigenvalue weighted by Crippen LogP contribution is 2.38. The second kappa shape index (κ2) is 8.38. The van der Waals surface area contributed by atoms with Crippen molar-refractivity contribution in [2.45, 2.75) is 52.4 Å². The van der Waals surface area contributed by atoms with Gasteiger partial charge in [-0.2, -0.15) is 0 Å². The predicted octanol–water partition coefficient (Wildman–Crippen LogP) is 5.88. The van der Waals surface area contributed by atoms with E-state index in [0.29, 0.717) is 22.5 Å². The highest BCUT2D eigenvalue weighted by Gasteiger charge is 2.19. The normalized spacial score (nSPS) is 13.6. The first-order chi connectivity index (χ1) is 13.0. The van der Waals surface area contributed by atoms with Crippen molar-refractivity contribution < 1.29 is 9.52 Å². The summed E-state index contributed by atoms with van der Waals surface area (Å²) in [5.41, 5.74) is 2.49. The standard InChI is InChI=1S/C23H27NO3/c1-4-5-6-7-15(2)16(3)18-12-20(25)23-19(17-8-10-24-11-9-17)14-22(26)27-21(23)13-18/h8-16,25H,4-7H2,1-3H3. The molecule has 4 heteroatoms. The summed E-state index contributed by atoms with van der Waals surface area (Å²) in [6.45, 7) is 6.62. The van der Waals surface area contributed by atoms with Crippen molar-refractivity contribution in [1.29, 1.82) is 0 Å². The Morgan fingerprint density at radius 1 is 1.11 bits per heavy atom. The van der Waals surface area contributed by atoms with Gasteiger partial charge in [0.15, 0.2) is 0 Å². The van der Waals surface area contributed by atoms with Crippen LogP contribution in [-0.4, -0.2) is 10.1 Å². The summed E-state index contributed by atoms with van der Waals surface area (Å²) in [6, 6.07) is 8.78. The average Bonchev–Trinajstić information content (AvgIpc) is 2.67. The van der Waals surface area contributed by atoms with Gasteiger partial charge in [0.2, 0.25) is 0 Å². The van der Waals surface area contributed by atoms with Crippen LogP contribution in [0.4, 0.5) is 0 Å². The molecule has 0 radical (unpaired) electrons. The Labute approximate surface area is 159 Å². The zero-order valence-electron chi connectivity index (χ0n) is 16.2. The fraction of sp³-hybridized carbons (Fsp3) is 0.391. The minimum Gasteiger partial charge on any atom is -0.507 e. The summed E-state index contributed by atoms with van der Waals surface area (Å²) in [6.07, 6.45) is 8.14. The van der Waals surface area contributed by atoms with Crippen LogP contribution in [0.25, 0.3) is 22.1 Å². The number of benzene rings is 1. The van der Waals surface area contributed by atoms with Crippen LogP contribution in [0.3, 0.4) is 0 Å². The number of aromatic hydroxyl groups is 1. The van der Waals surface area contributed by atoms with Crippen molar-refractivity contribution in [3.8, 4) is 16.9 Å². The molecular weight excluding hydrogens is 338 g/mol. The molecule has 3 aromatic rings. The molecule has 0 aliphatic heterocycles. The third kappa shape index (κ3) is 4.21. The Morgan fingerprint density at radius 2 is 1.85 bits per heavy atom. The lowest BCUT2D eigenvalue weighted by Crippen LogP contribution is -2.07. The first kappa shape index (κ1) is 19.2. The first-order valence-corrected chi connectivity index (χ1v) is 9.72. The molecule has 27 heavy (non-hydrogen) atoms. The monoisotopic (exact) mass is 365 g/mol. The van der Waals surface area contributed by atoms with Gasteiger partial charge in [-0.05, 0) is 47.2 Å². The second-order valence-corrected chi connectivity index (χ2v) is 7.39. The molecule has 0 bridgehead atoms. The van der Waals surface area contributed by atoms with Gasteiger partial charge in [0.05, 0.1) is 5.39 Å². The largest absolute Gasteiger partial charge is 0.507 e. The number of aromatic nitrogens is 1. The number of fused-ring (bicyclic) bond motifs is 1. The Bertz CT molecular complexity index is 963. The van der Waals surface area contributed by atoms with Gasteiger partial charge in [-0.3, -0.25) is 4.98 Å².